The number of benzene rings is 1. The summed E-state index contributed by atoms with van der Waals surface area (Å²) in [7, 11) is -3.76. The number of azo groups is 2. The van der Waals surface area contributed by atoms with Crippen molar-refractivity contribution in [1.82, 2.24) is 10.0 Å². The maximum Gasteiger partial charge on any atom is 0.418 e. The minimum atomic E-state index is -3.76. The zero-order valence-corrected chi connectivity index (χ0v) is 20.2. The highest BCUT2D eigenvalue weighted by Crippen LogP contribution is 2.21. The van der Waals surface area contributed by atoms with Crippen LogP contribution in [0.1, 0.15) is 31.2 Å². The number of carbonyl (C=O) groups is 2. The summed E-state index contributed by atoms with van der Waals surface area (Å²) in [6, 6.07) is 4.92. The minimum absolute atomic E-state index is 0.0842. The van der Waals surface area contributed by atoms with E-state index in [1.54, 1.807) is 19.1 Å². The Kier molecular flexibility index (Phi) is 8.94. The molecular weight excluding hydrogens is 470 g/mol. The van der Waals surface area contributed by atoms with Gasteiger partial charge in [-0.15, -0.1) is 11.6 Å². The lowest BCUT2D eigenvalue weighted by molar-refractivity contribution is -0.513. The quantitative estimate of drug-likeness (QED) is 0.294. The van der Waals surface area contributed by atoms with E-state index in [-0.39, 0.29) is 18.0 Å². The molecule has 3 rings (SSSR count). The zero-order chi connectivity index (χ0) is 24.0. The molecule has 12 heteroatoms. The summed E-state index contributed by atoms with van der Waals surface area (Å²) in [5.41, 5.74) is 0.842. The van der Waals surface area contributed by atoms with Crippen LogP contribution in [0.4, 0.5) is 5.69 Å². The Hall–Kier alpha value is -1.92. The molecule has 3 unspecified atom stereocenters. The molecule has 4 N–H and O–H groups in total. The van der Waals surface area contributed by atoms with Crippen molar-refractivity contribution in [3.8, 4) is 0 Å². The molecule has 1 aromatic carbocycles. The van der Waals surface area contributed by atoms with Gasteiger partial charge in [0.25, 0.3) is 12.5 Å². The fourth-order valence-electron chi connectivity index (χ4n) is 3.96. The van der Waals surface area contributed by atoms with Gasteiger partial charge < -0.3 is 15.7 Å². The summed E-state index contributed by atoms with van der Waals surface area (Å²) in [6.45, 7) is 2.29. The lowest BCUT2D eigenvalue weighted by Gasteiger charge is -2.23. The number of aliphatic hydroxyl groups excluding tert-OH is 1. The Morgan fingerprint density at radius 3 is 2.85 bits per heavy atom. The second-order valence-corrected chi connectivity index (χ2v) is 10.7. The fourth-order valence-corrected chi connectivity index (χ4v) is 5.52. The summed E-state index contributed by atoms with van der Waals surface area (Å²) < 4.78 is 29.3. The van der Waals surface area contributed by atoms with Gasteiger partial charge in [0.2, 0.25) is 10.0 Å². The Morgan fingerprint density at radius 2 is 2.15 bits per heavy atom. The topological polar surface area (TPSA) is 140 Å². The summed E-state index contributed by atoms with van der Waals surface area (Å²) >= 11 is 6.00. The third-order valence-electron chi connectivity index (χ3n) is 5.88. The van der Waals surface area contributed by atoms with Crippen molar-refractivity contribution < 1.29 is 27.8 Å². The molecule has 10 nitrogen and oxygen atoms in total. The van der Waals surface area contributed by atoms with Gasteiger partial charge in [0.1, 0.15) is 12.5 Å². The van der Waals surface area contributed by atoms with Gasteiger partial charge in [-0.2, -0.15) is 0 Å². The first-order valence-electron chi connectivity index (χ1n) is 11.1. The van der Waals surface area contributed by atoms with Crippen LogP contribution in [-0.2, 0) is 19.6 Å². The molecule has 0 aromatic heterocycles. The Morgan fingerprint density at radius 1 is 1.36 bits per heavy atom. The molecule has 0 aliphatic carbocycles. The number of sulfonamides is 1. The molecule has 3 atom stereocenters. The molecule has 33 heavy (non-hydrogen) atoms. The number of nitrogens with one attached hydrogen (secondary N) is 3. The summed E-state index contributed by atoms with van der Waals surface area (Å²) in [5, 5.41) is 18.7. The van der Waals surface area contributed by atoms with E-state index in [1.165, 1.54) is 6.07 Å². The molecule has 2 heterocycles. The standard InChI is InChI=1S/C21H30ClN5O5S/c1-14-5-6-16(26-20(29)12-27-21(30)17(13-28)18(22)11-24-27)10-19(14)33(31,32)25-9-7-15-4-2-3-8-23-15/h5-6,10,15,17-18,23,25,28H,2-4,7-9,11-13H2,1H3/p+1. The number of carbonyl (C=O) groups excluding carboxylic acids is 2. The van der Waals surface area contributed by atoms with Crippen LogP contribution in [0.5, 0.6) is 0 Å². The second kappa shape index (κ2) is 11.5. The summed E-state index contributed by atoms with van der Waals surface area (Å²) in [6.07, 6.45) is 4.04. The Labute approximate surface area is 198 Å². The van der Waals surface area contributed by atoms with E-state index in [9.17, 15) is 23.1 Å². The molecule has 2 amide bonds. The third kappa shape index (κ3) is 6.80. The number of aryl methyl sites for hydroxylation is 1. The minimum Gasteiger partial charge on any atom is -0.395 e. The van der Waals surface area contributed by atoms with E-state index in [2.05, 4.69) is 20.5 Å². The average Bonchev–Trinajstić information content (AvgIpc) is 2.78. The molecule has 1 fully saturated rings. The molecule has 0 radical (unpaired) electrons. The molecule has 1 saturated heterocycles. The summed E-state index contributed by atoms with van der Waals surface area (Å²) in [4.78, 5) is 24.9. The van der Waals surface area contributed by atoms with Crippen LogP contribution in [0.2, 0.25) is 0 Å². The summed E-state index contributed by atoms with van der Waals surface area (Å²) in [5.74, 6) is -1.88. The molecule has 1 aromatic rings. The largest absolute Gasteiger partial charge is 0.418 e. The second-order valence-electron chi connectivity index (χ2n) is 8.39. The highest BCUT2D eigenvalue weighted by molar-refractivity contribution is 7.89. The van der Waals surface area contributed by atoms with Gasteiger partial charge in [-0.05, 0) is 60.2 Å². The van der Waals surface area contributed by atoms with Crippen molar-refractivity contribution in [2.75, 3.05) is 38.1 Å². The van der Waals surface area contributed by atoms with Gasteiger partial charge in [-0.25, -0.2) is 17.9 Å². The molecule has 182 valence electrons. The number of alkyl halides is 1. The number of piperidine rings is 1. The van der Waals surface area contributed by atoms with Crippen LogP contribution in [-0.4, -0.2) is 74.2 Å². The maximum atomic E-state index is 12.8. The van der Waals surface area contributed by atoms with E-state index in [1.807, 2.05) is 0 Å². The molecular formula is C21H31ClN5O5S+. The number of amides is 2. The normalized spacial score (nSPS) is 23.8. The van der Waals surface area contributed by atoms with E-state index in [0.29, 0.717) is 30.3 Å². The lowest BCUT2D eigenvalue weighted by Crippen LogP contribution is -2.43. The smallest absolute Gasteiger partial charge is 0.395 e. The molecule has 0 spiro atoms. The van der Waals surface area contributed by atoms with Gasteiger partial charge in [-0.1, -0.05) is 12.5 Å². The van der Waals surface area contributed by atoms with E-state index >= 15 is 0 Å². The lowest BCUT2D eigenvalue weighted by atomic mass is 10.0. The van der Waals surface area contributed by atoms with Crippen LogP contribution < -0.4 is 15.4 Å². The molecule has 0 bridgehead atoms. The SMILES string of the molecule is Cc1ccc(NC(=O)C[N+]2=NCC(Cl)C(CO)C2=O)cc1S(=O)(=O)NCCC1CCCCN1. The number of hydrogen-bond donors (Lipinski definition) is 4. The van der Waals surface area contributed by atoms with Crippen LogP contribution in [0.3, 0.4) is 0 Å². The Balaban J connectivity index is 1.62. The number of nitrogens with zero attached hydrogens (tertiary/aromatic N) is 2. The predicted molar refractivity (Wildman–Crippen MR) is 123 cm³/mol. The van der Waals surface area contributed by atoms with Crippen LogP contribution >= 0.6 is 11.6 Å². The van der Waals surface area contributed by atoms with Gasteiger partial charge in [0, 0.05) is 18.3 Å². The van der Waals surface area contributed by atoms with Gasteiger partial charge in [0.05, 0.1) is 16.9 Å². The fraction of sp³-hybridized carbons (Fsp3) is 0.619. The maximum absolute atomic E-state index is 12.8. The van der Waals surface area contributed by atoms with Crippen molar-refractivity contribution in [3.05, 3.63) is 23.8 Å². The predicted octanol–water partition coefficient (Wildman–Crippen LogP) is 0.965. The van der Waals surface area contributed by atoms with Crippen molar-refractivity contribution in [2.45, 2.75) is 48.9 Å². The number of rotatable bonds is 9. The first kappa shape index (κ1) is 25.7. The van der Waals surface area contributed by atoms with Crippen LogP contribution in [0.15, 0.2) is 28.2 Å². The molecule has 2 aliphatic heterocycles. The highest BCUT2D eigenvalue weighted by Gasteiger charge is 2.41. The zero-order valence-electron chi connectivity index (χ0n) is 18.6. The molecule has 2 aliphatic rings. The van der Waals surface area contributed by atoms with Crippen molar-refractivity contribution >= 4 is 39.1 Å². The number of hydrogen-bond acceptors (Lipinski definition) is 7. The first-order valence-corrected chi connectivity index (χ1v) is 13.0. The number of aliphatic hydroxyl groups is 1. The third-order valence-corrected chi connectivity index (χ3v) is 7.93. The van der Waals surface area contributed by atoms with Crippen molar-refractivity contribution in [3.63, 3.8) is 0 Å². The monoisotopic (exact) mass is 500 g/mol. The van der Waals surface area contributed by atoms with Crippen molar-refractivity contribution in [2.24, 2.45) is 11.0 Å². The van der Waals surface area contributed by atoms with Gasteiger partial charge in [0.15, 0.2) is 0 Å². The van der Waals surface area contributed by atoms with Crippen molar-refractivity contribution in [1.29, 1.82) is 0 Å². The Bertz CT molecular complexity index is 1010. The van der Waals surface area contributed by atoms with E-state index in [0.717, 1.165) is 30.5 Å². The highest BCUT2D eigenvalue weighted by atomic mass is 35.5. The van der Waals surface area contributed by atoms with Crippen LogP contribution in [0.25, 0.3) is 0 Å². The number of halogens is 1. The molecule has 0 saturated carbocycles. The van der Waals surface area contributed by atoms with Gasteiger partial charge >= 0.3 is 5.91 Å². The van der Waals surface area contributed by atoms with E-state index in [4.69, 9.17) is 11.6 Å². The van der Waals surface area contributed by atoms with Crippen LogP contribution in [0, 0.1) is 12.8 Å². The first-order chi connectivity index (χ1) is 15.7. The van der Waals surface area contributed by atoms with E-state index < -0.39 is 39.7 Å². The average molecular weight is 501 g/mol. The number of anilines is 1. The van der Waals surface area contributed by atoms with Gasteiger partial charge in [-0.3, -0.25) is 4.79 Å².